The largest absolute Gasteiger partial charge is 0.515 e. The minimum atomic E-state index is -0.0475. The van der Waals surface area contributed by atoms with E-state index in [1.165, 1.54) is 0 Å². The third-order valence-electron chi connectivity index (χ3n) is 1.80. The van der Waals surface area contributed by atoms with Crippen molar-refractivity contribution in [3.05, 3.63) is 23.2 Å². The average molecular weight is 154 g/mol. The molecule has 0 radical (unpaired) electrons. The number of aldehydes is 1. The van der Waals surface area contributed by atoms with Crippen LogP contribution in [0.3, 0.4) is 0 Å². The van der Waals surface area contributed by atoms with Gasteiger partial charge in [-0.2, -0.15) is 0 Å². The Balaban J connectivity index is 2.97. The van der Waals surface area contributed by atoms with E-state index in [2.05, 4.69) is 0 Å². The van der Waals surface area contributed by atoms with Crippen LogP contribution in [0.1, 0.15) is 19.3 Å². The zero-order chi connectivity index (χ0) is 8.27. The second-order valence-corrected chi connectivity index (χ2v) is 2.50. The summed E-state index contributed by atoms with van der Waals surface area (Å²) in [7, 11) is 0. The van der Waals surface area contributed by atoms with E-state index >= 15 is 0 Å². The SMILES string of the molecule is O=CC1=C(O)/C(=C/O)CCC1. The summed E-state index contributed by atoms with van der Waals surface area (Å²) in [4.78, 5) is 10.3. The zero-order valence-electron chi connectivity index (χ0n) is 6.08. The molecule has 3 nitrogen and oxygen atoms in total. The van der Waals surface area contributed by atoms with E-state index in [9.17, 15) is 9.90 Å². The summed E-state index contributed by atoms with van der Waals surface area (Å²) in [5.41, 5.74) is 0.843. The molecule has 0 unspecified atom stereocenters. The minimum Gasteiger partial charge on any atom is -0.515 e. The number of aliphatic hydroxyl groups excluding tert-OH is 2. The first-order valence-corrected chi connectivity index (χ1v) is 3.50. The van der Waals surface area contributed by atoms with Gasteiger partial charge in [0.2, 0.25) is 0 Å². The van der Waals surface area contributed by atoms with Crippen LogP contribution in [0.15, 0.2) is 23.2 Å². The Morgan fingerprint density at radius 3 is 2.64 bits per heavy atom. The van der Waals surface area contributed by atoms with Gasteiger partial charge in [0.1, 0.15) is 12.0 Å². The monoisotopic (exact) mass is 154 g/mol. The van der Waals surface area contributed by atoms with Gasteiger partial charge < -0.3 is 10.2 Å². The van der Waals surface area contributed by atoms with Crippen LogP contribution in [0, 0.1) is 0 Å². The van der Waals surface area contributed by atoms with Crippen LogP contribution in [0.5, 0.6) is 0 Å². The Hall–Kier alpha value is -1.25. The number of rotatable bonds is 1. The molecule has 2 N–H and O–H groups in total. The molecule has 0 spiro atoms. The first-order valence-electron chi connectivity index (χ1n) is 3.50. The van der Waals surface area contributed by atoms with Crippen molar-refractivity contribution in [1.82, 2.24) is 0 Å². The Bertz CT molecular complexity index is 225. The first-order chi connectivity index (χ1) is 5.29. The summed E-state index contributed by atoms with van der Waals surface area (Å²) in [5, 5.41) is 17.9. The average Bonchev–Trinajstić information content (AvgIpc) is 2.05. The fourth-order valence-corrected chi connectivity index (χ4v) is 1.15. The lowest BCUT2D eigenvalue weighted by Crippen LogP contribution is -2.03. The fraction of sp³-hybridized carbons (Fsp3) is 0.375. The summed E-state index contributed by atoms with van der Waals surface area (Å²) >= 11 is 0. The number of hydrogen-bond acceptors (Lipinski definition) is 3. The lowest BCUT2D eigenvalue weighted by atomic mass is 9.95. The smallest absolute Gasteiger partial charge is 0.149 e. The normalized spacial score (nSPS) is 22.4. The second kappa shape index (κ2) is 3.23. The molecule has 60 valence electrons. The number of hydrogen-bond donors (Lipinski definition) is 2. The summed E-state index contributed by atoms with van der Waals surface area (Å²) in [6, 6.07) is 0. The van der Waals surface area contributed by atoms with Crippen LogP contribution in [0.4, 0.5) is 0 Å². The first kappa shape index (κ1) is 7.85. The van der Waals surface area contributed by atoms with Gasteiger partial charge in [0, 0.05) is 11.1 Å². The van der Waals surface area contributed by atoms with E-state index < -0.39 is 0 Å². The molecule has 0 heterocycles. The molecule has 0 aromatic heterocycles. The van der Waals surface area contributed by atoms with Crippen LogP contribution >= 0.6 is 0 Å². The molecule has 0 aromatic rings. The Morgan fingerprint density at radius 2 is 2.09 bits per heavy atom. The van der Waals surface area contributed by atoms with Crippen LogP contribution in [0.25, 0.3) is 0 Å². The Kier molecular flexibility index (Phi) is 2.31. The summed E-state index contributed by atoms with van der Waals surface area (Å²) in [5.74, 6) is -0.0475. The van der Waals surface area contributed by atoms with E-state index in [0.29, 0.717) is 30.3 Å². The molecule has 0 saturated heterocycles. The van der Waals surface area contributed by atoms with Gasteiger partial charge in [0.25, 0.3) is 0 Å². The summed E-state index contributed by atoms with van der Waals surface area (Å²) < 4.78 is 0. The lowest BCUT2D eigenvalue weighted by Gasteiger charge is -2.13. The molecular weight excluding hydrogens is 144 g/mol. The van der Waals surface area contributed by atoms with Crippen molar-refractivity contribution in [2.75, 3.05) is 0 Å². The maximum Gasteiger partial charge on any atom is 0.149 e. The third-order valence-corrected chi connectivity index (χ3v) is 1.80. The molecule has 1 aliphatic carbocycles. The maximum atomic E-state index is 10.3. The van der Waals surface area contributed by atoms with Crippen LogP contribution in [-0.4, -0.2) is 16.5 Å². The van der Waals surface area contributed by atoms with Crippen molar-refractivity contribution in [1.29, 1.82) is 0 Å². The van der Waals surface area contributed by atoms with Crippen molar-refractivity contribution >= 4 is 6.29 Å². The van der Waals surface area contributed by atoms with Gasteiger partial charge >= 0.3 is 0 Å². The van der Waals surface area contributed by atoms with Gasteiger partial charge in [-0.25, -0.2) is 0 Å². The van der Waals surface area contributed by atoms with Crippen LogP contribution in [0.2, 0.25) is 0 Å². The van der Waals surface area contributed by atoms with E-state index in [4.69, 9.17) is 5.11 Å². The lowest BCUT2D eigenvalue weighted by molar-refractivity contribution is -0.105. The second-order valence-electron chi connectivity index (χ2n) is 2.50. The minimum absolute atomic E-state index is 0.0475. The molecule has 1 aliphatic rings. The van der Waals surface area contributed by atoms with Crippen LogP contribution < -0.4 is 0 Å². The molecule has 0 aliphatic heterocycles. The van der Waals surface area contributed by atoms with Gasteiger partial charge in [-0.3, -0.25) is 4.79 Å². The van der Waals surface area contributed by atoms with Gasteiger partial charge in [-0.1, -0.05) is 0 Å². The number of carbonyl (C=O) groups excluding carboxylic acids is 1. The van der Waals surface area contributed by atoms with E-state index in [-0.39, 0.29) is 5.76 Å². The van der Waals surface area contributed by atoms with Crippen molar-refractivity contribution in [2.45, 2.75) is 19.3 Å². The quantitative estimate of drug-likeness (QED) is 0.445. The highest BCUT2D eigenvalue weighted by Gasteiger charge is 2.15. The molecular formula is C8H10O3. The van der Waals surface area contributed by atoms with Gasteiger partial charge in [-0.15, -0.1) is 0 Å². The number of carbonyl (C=O) groups is 1. The Labute approximate surface area is 64.7 Å². The molecule has 0 saturated carbocycles. The molecule has 1 rings (SSSR count). The van der Waals surface area contributed by atoms with Crippen molar-refractivity contribution in [2.24, 2.45) is 0 Å². The predicted octanol–water partition coefficient (Wildman–Crippen LogP) is 1.62. The highest BCUT2D eigenvalue weighted by molar-refractivity contribution is 5.75. The van der Waals surface area contributed by atoms with E-state index in [0.717, 1.165) is 12.7 Å². The molecule has 0 atom stereocenters. The van der Waals surface area contributed by atoms with Gasteiger partial charge in [0.05, 0.1) is 6.26 Å². The summed E-state index contributed by atoms with van der Waals surface area (Å²) in [6.07, 6.45) is 3.55. The van der Waals surface area contributed by atoms with Gasteiger partial charge in [0.15, 0.2) is 0 Å². The standard InChI is InChI=1S/C8H10O3/c9-4-6-2-1-3-7(5-10)8(6)11/h4-5,9,11H,1-3H2/b6-4+. The predicted molar refractivity (Wildman–Crippen MR) is 40.3 cm³/mol. The van der Waals surface area contributed by atoms with Crippen molar-refractivity contribution < 1.29 is 15.0 Å². The molecule has 0 bridgehead atoms. The van der Waals surface area contributed by atoms with E-state index in [1.54, 1.807) is 0 Å². The highest BCUT2D eigenvalue weighted by atomic mass is 16.3. The fourth-order valence-electron chi connectivity index (χ4n) is 1.15. The highest BCUT2D eigenvalue weighted by Crippen LogP contribution is 2.25. The maximum absolute atomic E-state index is 10.3. The van der Waals surface area contributed by atoms with Crippen molar-refractivity contribution in [3.8, 4) is 0 Å². The molecule has 11 heavy (non-hydrogen) atoms. The molecule has 0 amide bonds. The Morgan fingerprint density at radius 1 is 1.36 bits per heavy atom. The zero-order valence-corrected chi connectivity index (χ0v) is 6.08. The van der Waals surface area contributed by atoms with Gasteiger partial charge in [-0.05, 0) is 19.3 Å². The topological polar surface area (TPSA) is 57.5 Å². The van der Waals surface area contributed by atoms with E-state index in [1.807, 2.05) is 0 Å². The number of aliphatic hydroxyl groups is 2. The third kappa shape index (κ3) is 1.42. The van der Waals surface area contributed by atoms with Crippen LogP contribution in [-0.2, 0) is 4.79 Å². The molecule has 3 heteroatoms. The molecule has 0 aromatic carbocycles. The number of allylic oxidation sites excluding steroid dienone is 2. The van der Waals surface area contributed by atoms with Crippen molar-refractivity contribution in [3.63, 3.8) is 0 Å². The summed E-state index contributed by atoms with van der Waals surface area (Å²) in [6.45, 7) is 0. The molecule has 0 fully saturated rings.